The normalized spacial score (nSPS) is 11.4. The molecule has 23 heavy (non-hydrogen) atoms. The Morgan fingerprint density at radius 1 is 1.13 bits per heavy atom. The minimum absolute atomic E-state index is 0.203. The summed E-state index contributed by atoms with van der Waals surface area (Å²) < 4.78 is 37.4. The van der Waals surface area contributed by atoms with Crippen LogP contribution in [0.15, 0.2) is 48.7 Å². The molecule has 118 valence electrons. The molecule has 0 fully saturated rings. The van der Waals surface area contributed by atoms with Crippen LogP contribution in [0.2, 0.25) is 0 Å². The minimum Gasteiger partial charge on any atom is -0.360 e. The Labute approximate surface area is 128 Å². The molecule has 0 unspecified atom stereocenters. The first kappa shape index (κ1) is 14.9. The van der Waals surface area contributed by atoms with Gasteiger partial charge in [-0.25, -0.2) is 0 Å². The zero-order valence-electron chi connectivity index (χ0n) is 11.6. The maximum absolute atomic E-state index is 12.5. The number of hydrogen-bond donors (Lipinski definition) is 3. The third-order valence-electron chi connectivity index (χ3n) is 3.17. The van der Waals surface area contributed by atoms with Crippen molar-refractivity contribution in [2.75, 3.05) is 5.32 Å². The van der Waals surface area contributed by atoms with Gasteiger partial charge in [0.05, 0.1) is 11.3 Å². The van der Waals surface area contributed by atoms with Gasteiger partial charge in [0.25, 0.3) is 5.91 Å². The summed E-state index contributed by atoms with van der Waals surface area (Å²) in [6.07, 6.45) is -2.68. The number of alkyl halides is 3. The van der Waals surface area contributed by atoms with E-state index >= 15 is 0 Å². The van der Waals surface area contributed by atoms with Gasteiger partial charge in [-0.15, -0.1) is 0 Å². The third kappa shape index (κ3) is 3.25. The molecule has 0 aliphatic carbocycles. The highest BCUT2D eigenvalue weighted by molar-refractivity contribution is 6.03. The number of hydrogen-bond acceptors (Lipinski definition) is 2. The van der Waals surface area contributed by atoms with Gasteiger partial charge in [0.2, 0.25) is 0 Å². The van der Waals surface area contributed by atoms with Crippen LogP contribution in [0.3, 0.4) is 0 Å². The maximum atomic E-state index is 12.5. The number of carbonyl (C=O) groups excluding carboxylic acids is 1. The molecule has 0 spiro atoms. The summed E-state index contributed by atoms with van der Waals surface area (Å²) in [7, 11) is 0. The molecular formula is C15H11F3N4O. The van der Waals surface area contributed by atoms with E-state index in [0.29, 0.717) is 5.69 Å². The van der Waals surface area contributed by atoms with E-state index in [1.54, 1.807) is 24.4 Å². The van der Waals surface area contributed by atoms with E-state index in [1.165, 1.54) is 12.1 Å². The van der Waals surface area contributed by atoms with Crippen LogP contribution >= 0.6 is 0 Å². The van der Waals surface area contributed by atoms with E-state index in [-0.39, 0.29) is 11.4 Å². The zero-order chi connectivity index (χ0) is 16.4. The number of halogens is 3. The SMILES string of the molecule is O=C(Nc1ccc(C(F)(F)F)cc1)c1cc(-c2ccc[nH]2)n[nH]1. The topological polar surface area (TPSA) is 73.6 Å². The van der Waals surface area contributed by atoms with Crippen LogP contribution in [-0.4, -0.2) is 21.1 Å². The largest absolute Gasteiger partial charge is 0.416 e. The van der Waals surface area contributed by atoms with Crippen molar-refractivity contribution in [3.63, 3.8) is 0 Å². The Kier molecular flexibility index (Phi) is 3.65. The van der Waals surface area contributed by atoms with Crippen LogP contribution < -0.4 is 5.32 Å². The van der Waals surface area contributed by atoms with Crippen molar-refractivity contribution < 1.29 is 18.0 Å². The fourth-order valence-corrected chi connectivity index (χ4v) is 2.01. The number of nitrogens with zero attached hydrogens (tertiary/aromatic N) is 1. The van der Waals surface area contributed by atoms with Crippen molar-refractivity contribution in [2.24, 2.45) is 0 Å². The molecule has 3 N–H and O–H groups in total. The molecule has 0 aliphatic rings. The predicted molar refractivity (Wildman–Crippen MR) is 77.8 cm³/mol. The van der Waals surface area contributed by atoms with Gasteiger partial charge in [0.1, 0.15) is 11.4 Å². The van der Waals surface area contributed by atoms with Gasteiger partial charge in [-0.3, -0.25) is 9.89 Å². The van der Waals surface area contributed by atoms with Crippen LogP contribution in [0.1, 0.15) is 16.1 Å². The summed E-state index contributed by atoms with van der Waals surface area (Å²) in [5.74, 6) is -0.491. The van der Waals surface area contributed by atoms with Crippen molar-refractivity contribution >= 4 is 11.6 Å². The number of aromatic nitrogens is 3. The number of carbonyl (C=O) groups is 1. The van der Waals surface area contributed by atoms with Gasteiger partial charge in [-0.05, 0) is 42.5 Å². The quantitative estimate of drug-likeness (QED) is 0.689. The highest BCUT2D eigenvalue weighted by Crippen LogP contribution is 2.29. The Morgan fingerprint density at radius 2 is 1.87 bits per heavy atom. The molecule has 1 amide bonds. The molecule has 3 aromatic rings. The first-order chi connectivity index (χ1) is 10.9. The number of H-pyrrole nitrogens is 2. The number of nitrogens with one attached hydrogen (secondary N) is 3. The molecule has 0 saturated carbocycles. The number of amides is 1. The number of aromatic amines is 2. The van der Waals surface area contributed by atoms with Gasteiger partial charge in [0, 0.05) is 11.9 Å². The highest BCUT2D eigenvalue weighted by Gasteiger charge is 2.30. The van der Waals surface area contributed by atoms with Crippen LogP contribution in [0.4, 0.5) is 18.9 Å². The molecule has 0 bridgehead atoms. The molecule has 0 saturated heterocycles. The minimum atomic E-state index is -4.41. The summed E-state index contributed by atoms with van der Waals surface area (Å²) in [6, 6.07) is 9.36. The number of rotatable bonds is 3. The van der Waals surface area contributed by atoms with Crippen LogP contribution in [0, 0.1) is 0 Å². The Bertz CT molecular complexity index is 804. The monoisotopic (exact) mass is 320 g/mol. The van der Waals surface area contributed by atoms with E-state index < -0.39 is 17.6 Å². The lowest BCUT2D eigenvalue weighted by molar-refractivity contribution is -0.137. The van der Waals surface area contributed by atoms with Crippen molar-refractivity contribution in [2.45, 2.75) is 6.18 Å². The van der Waals surface area contributed by atoms with Crippen molar-refractivity contribution in [1.29, 1.82) is 0 Å². The standard InChI is InChI=1S/C15H11F3N4O/c16-15(17,18)9-3-5-10(6-4-9)20-14(23)13-8-12(21-22-13)11-2-1-7-19-11/h1-8,19H,(H,20,23)(H,21,22). The Balaban J connectivity index is 1.72. The van der Waals surface area contributed by atoms with E-state index in [2.05, 4.69) is 20.5 Å². The lowest BCUT2D eigenvalue weighted by Crippen LogP contribution is -2.12. The van der Waals surface area contributed by atoms with E-state index in [1.807, 2.05) is 0 Å². The molecule has 0 aliphatic heterocycles. The maximum Gasteiger partial charge on any atom is 0.416 e. The third-order valence-corrected chi connectivity index (χ3v) is 3.17. The smallest absolute Gasteiger partial charge is 0.360 e. The number of anilines is 1. The average Bonchev–Trinajstić information content (AvgIpc) is 3.18. The second-order valence-corrected chi connectivity index (χ2v) is 4.78. The van der Waals surface area contributed by atoms with E-state index in [0.717, 1.165) is 17.8 Å². The van der Waals surface area contributed by atoms with Crippen molar-refractivity contribution in [3.8, 4) is 11.4 Å². The molecule has 0 radical (unpaired) electrons. The summed E-state index contributed by atoms with van der Waals surface area (Å²) in [5, 5.41) is 9.10. The molecule has 3 rings (SSSR count). The zero-order valence-corrected chi connectivity index (χ0v) is 11.6. The molecule has 8 heteroatoms. The lowest BCUT2D eigenvalue weighted by Gasteiger charge is -2.08. The summed E-state index contributed by atoms with van der Waals surface area (Å²) in [4.78, 5) is 15.0. The second kappa shape index (κ2) is 5.64. The molecule has 2 heterocycles. The summed E-state index contributed by atoms with van der Waals surface area (Å²) >= 11 is 0. The summed E-state index contributed by atoms with van der Waals surface area (Å²) in [6.45, 7) is 0. The van der Waals surface area contributed by atoms with Gasteiger partial charge in [0.15, 0.2) is 0 Å². The van der Waals surface area contributed by atoms with Gasteiger partial charge in [-0.1, -0.05) is 0 Å². The first-order valence-corrected chi connectivity index (χ1v) is 6.61. The van der Waals surface area contributed by atoms with Gasteiger partial charge in [-0.2, -0.15) is 18.3 Å². The Morgan fingerprint density at radius 3 is 2.48 bits per heavy atom. The lowest BCUT2D eigenvalue weighted by atomic mass is 10.2. The Hall–Kier alpha value is -3.03. The highest BCUT2D eigenvalue weighted by atomic mass is 19.4. The van der Waals surface area contributed by atoms with Crippen LogP contribution in [0.5, 0.6) is 0 Å². The molecule has 0 atom stereocenters. The van der Waals surface area contributed by atoms with Crippen molar-refractivity contribution in [3.05, 3.63) is 59.9 Å². The predicted octanol–water partition coefficient (Wildman–Crippen LogP) is 3.68. The first-order valence-electron chi connectivity index (χ1n) is 6.61. The second-order valence-electron chi connectivity index (χ2n) is 4.78. The molecular weight excluding hydrogens is 309 g/mol. The van der Waals surface area contributed by atoms with Gasteiger partial charge >= 0.3 is 6.18 Å². The van der Waals surface area contributed by atoms with Crippen LogP contribution in [0.25, 0.3) is 11.4 Å². The fourth-order valence-electron chi connectivity index (χ4n) is 2.01. The van der Waals surface area contributed by atoms with E-state index in [4.69, 9.17) is 0 Å². The molecule has 1 aromatic carbocycles. The molecule has 5 nitrogen and oxygen atoms in total. The van der Waals surface area contributed by atoms with E-state index in [9.17, 15) is 18.0 Å². The fraction of sp³-hybridized carbons (Fsp3) is 0.0667. The summed E-state index contributed by atoms with van der Waals surface area (Å²) in [5.41, 5.74) is 1.00. The average molecular weight is 320 g/mol. The number of benzene rings is 1. The van der Waals surface area contributed by atoms with Crippen molar-refractivity contribution in [1.82, 2.24) is 15.2 Å². The van der Waals surface area contributed by atoms with Crippen LogP contribution in [-0.2, 0) is 6.18 Å². The molecule has 2 aromatic heterocycles. The van der Waals surface area contributed by atoms with Gasteiger partial charge < -0.3 is 10.3 Å².